The second-order valence-corrected chi connectivity index (χ2v) is 7.15. The Morgan fingerprint density at radius 1 is 1.31 bits per heavy atom. The predicted octanol–water partition coefficient (Wildman–Crippen LogP) is 1.37. The Labute approximate surface area is 169 Å². The van der Waals surface area contributed by atoms with E-state index in [1.54, 1.807) is 16.8 Å². The largest absolute Gasteiger partial charge is 0.379 e. The smallest absolute Gasteiger partial charge is 0.271 e. The van der Waals surface area contributed by atoms with Gasteiger partial charge in [0.1, 0.15) is 0 Å². The fourth-order valence-corrected chi connectivity index (χ4v) is 3.65. The summed E-state index contributed by atoms with van der Waals surface area (Å²) < 4.78 is 9.01. The zero-order valence-electron chi connectivity index (χ0n) is 17.0. The van der Waals surface area contributed by atoms with Gasteiger partial charge in [-0.15, -0.1) is 0 Å². The number of carbonyl (C=O) groups excluding carboxylic acids is 1. The number of ether oxygens (including phenoxy) is 1. The molecular weight excluding hydrogens is 370 g/mol. The molecule has 0 bridgehead atoms. The average Bonchev–Trinajstić information content (AvgIpc) is 3.35. The molecule has 9 heteroatoms. The predicted molar refractivity (Wildman–Crippen MR) is 109 cm³/mol. The molecule has 1 aliphatic rings. The minimum absolute atomic E-state index is 0.176. The molecule has 1 saturated heterocycles. The van der Waals surface area contributed by atoms with Crippen LogP contribution >= 0.6 is 0 Å². The molecule has 4 heterocycles. The van der Waals surface area contributed by atoms with Crippen LogP contribution in [-0.2, 0) is 11.3 Å². The summed E-state index contributed by atoms with van der Waals surface area (Å²) in [4.78, 5) is 19.3. The van der Waals surface area contributed by atoms with Crippen LogP contribution in [-0.4, -0.2) is 74.6 Å². The minimum atomic E-state index is -0.176. The van der Waals surface area contributed by atoms with E-state index in [1.165, 1.54) is 0 Å². The van der Waals surface area contributed by atoms with Crippen molar-refractivity contribution in [3.05, 3.63) is 35.9 Å². The van der Waals surface area contributed by atoms with Gasteiger partial charge in [0.05, 0.1) is 25.1 Å². The van der Waals surface area contributed by atoms with Gasteiger partial charge in [-0.2, -0.15) is 10.2 Å². The standard InChI is InChI=1S/C20H27N7O2/c1-3-26-15(2)16(14-23-26)18-5-7-21-19-13-17(24-27(18)19)20(28)22-6-4-8-25-9-11-29-12-10-25/h5,7,13-14H,3-4,6,8-12H2,1-2H3,(H,22,28). The lowest BCUT2D eigenvalue weighted by Crippen LogP contribution is -2.38. The Morgan fingerprint density at radius 3 is 2.90 bits per heavy atom. The SMILES string of the molecule is CCn1ncc(-c2ccnc3cc(C(=O)NCCCN4CCOCC4)nn23)c1C. The molecule has 29 heavy (non-hydrogen) atoms. The molecule has 3 aromatic heterocycles. The van der Waals surface area contributed by atoms with Gasteiger partial charge in [-0.3, -0.25) is 14.4 Å². The second kappa shape index (κ2) is 8.71. The zero-order chi connectivity index (χ0) is 20.2. The molecule has 0 aliphatic carbocycles. The summed E-state index contributed by atoms with van der Waals surface area (Å²) in [5, 5.41) is 11.9. The Morgan fingerprint density at radius 2 is 2.14 bits per heavy atom. The van der Waals surface area contributed by atoms with E-state index in [4.69, 9.17) is 4.74 Å². The van der Waals surface area contributed by atoms with Gasteiger partial charge >= 0.3 is 0 Å². The van der Waals surface area contributed by atoms with Gasteiger partial charge < -0.3 is 10.1 Å². The number of hydrogen-bond acceptors (Lipinski definition) is 6. The number of amides is 1. The van der Waals surface area contributed by atoms with Crippen LogP contribution in [0.2, 0.25) is 0 Å². The van der Waals surface area contributed by atoms with Gasteiger partial charge in [-0.1, -0.05) is 0 Å². The number of fused-ring (bicyclic) bond motifs is 1. The highest BCUT2D eigenvalue weighted by molar-refractivity contribution is 5.93. The van der Waals surface area contributed by atoms with Crippen molar-refractivity contribution in [1.82, 2.24) is 34.6 Å². The lowest BCUT2D eigenvalue weighted by atomic mass is 10.2. The number of aromatic nitrogens is 5. The minimum Gasteiger partial charge on any atom is -0.379 e. The summed E-state index contributed by atoms with van der Waals surface area (Å²) in [6.07, 6.45) is 4.47. The lowest BCUT2D eigenvalue weighted by molar-refractivity contribution is 0.0374. The Kier molecular flexibility index (Phi) is 5.86. The molecular formula is C20H27N7O2. The molecule has 1 amide bonds. The first-order chi connectivity index (χ1) is 14.2. The monoisotopic (exact) mass is 397 g/mol. The van der Waals surface area contributed by atoms with Gasteiger partial charge in [-0.25, -0.2) is 9.50 Å². The number of nitrogens with zero attached hydrogens (tertiary/aromatic N) is 6. The van der Waals surface area contributed by atoms with E-state index in [-0.39, 0.29) is 5.91 Å². The lowest BCUT2D eigenvalue weighted by Gasteiger charge is -2.26. The van der Waals surface area contributed by atoms with Crippen molar-refractivity contribution in [2.24, 2.45) is 0 Å². The third-order valence-electron chi connectivity index (χ3n) is 5.31. The summed E-state index contributed by atoms with van der Waals surface area (Å²) in [6.45, 7) is 9.97. The average molecular weight is 397 g/mol. The maximum absolute atomic E-state index is 12.6. The molecule has 1 N–H and O–H groups in total. The summed E-state index contributed by atoms with van der Waals surface area (Å²) in [7, 11) is 0. The molecule has 0 saturated carbocycles. The molecule has 154 valence electrons. The Bertz CT molecular complexity index is 988. The number of carbonyl (C=O) groups is 1. The van der Waals surface area contributed by atoms with Crippen molar-refractivity contribution in [2.75, 3.05) is 39.4 Å². The first-order valence-corrected chi connectivity index (χ1v) is 10.1. The van der Waals surface area contributed by atoms with Crippen molar-refractivity contribution < 1.29 is 9.53 Å². The Balaban J connectivity index is 1.44. The van der Waals surface area contributed by atoms with Crippen LogP contribution in [0.4, 0.5) is 0 Å². The summed E-state index contributed by atoms with van der Waals surface area (Å²) in [5.74, 6) is -0.176. The number of hydrogen-bond donors (Lipinski definition) is 1. The van der Waals surface area contributed by atoms with Crippen LogP contribution in [0.15, 0.2) is 24.5 Å². The normalized spacial score (nSPS) is 15.1. The van der Waals surface area contributed by atoms with E-state index in [2.05, 4.69) is 32.3 Å². The molecule has 0 radical (unpaired) electrons. The number of rotatable bonds is 7. The maximum atomic E-state index is 12.6. The highest BCUT2D eigenvalue weighted by Crippen LogP contribution is 2.23. The van der Waals surface area contributed by atoms with Gasteiger partial charge in [-0.05, 0) is 32.9 Å². The van der Waals surface area contributed by atoms with E-state index in [0.29, 0.717) is 17.9 Å². The van der Waals surface area contributed by atoms with Crippen LogP contribution in [0, 0.1) is 6.92 Å². The zero-order valence-corrected chi connectivity index (χ0v) is 17.0. The third-order valence-corrected chi connectivity index (χ3v) is 5.31. The fraction of sp³-hybridized carbons (Fsp3) is 0.500. The number of nitrogens with one attached hydrogen (secondary N) is 1. The van der Waals surface area contributed by atoms with Crippen LogP contribution in [0.1, 0.15) is 29.5 Å². The van der Waals surface area contributed by atoms with Gasteiger partial charge in [0.25, 0.3) is 5.91 Å². The van der Waals surface area contributed by atoms with Gasteiger partial charge in [0.15, 0.2) is 11.3 Å². The van der Waals surface area contributed by atoms with Crippen LogP contribution < -0.4 is 5.32 Å². The van der Waals surface area contributed by atoms with Crippen molar-refractivity contribution in [3.63, 3.8) is 0 Å². The third kappa shape index (κ3) is 4.15. The first kappa shape index (κ1) is 19.5. The van der Waals surface area contributed by atoms with Crippen LogP contribution in [0.25, 0.3) is 16.9 Å². The molecule has 1 fully saturated rings. The molecule has 0 atom stereocenters. The van der Waals surface area contributed by atoms with E-state index >= 15 is 0 Å². The second-order valence-electron chi connectivity index (χ2n) is 7.15. The molecule has 4 rings (SSSR count). The van der Waals surface area contributed by atoms with Crippen LogP contribution in [0.3, 0.4) is 0 Å². The van der Waals surface area contributed by atoms with Crippen molar-refractivity contribution in [2.45, 2.75) is 26.8 Å². The van der Waals surface area contributed by atoms with Gasteiger partial charge in [0, 0.05) is 49.7 Å². The summed E-state index contributed by atoms with van der Waals surface area (Å²) >= 11 is 0. The topological polar surface area (TPSA) is 89.6 Å². The maximum Gasteiger partial charge on any atom is 0.271 e. The quantitative estimate of drug-likeness (QED) is 0.606. The molecule has 1 aliphatic heterocycles. The highest BCUT2D eigenvalue weighted by Gasteiger charge is 2.16. The van der Waals surface area contributed by atoms with E-state index < -0.39 is 0 Å². The molecule has 0 aromatic carbocycles. The molecule has 3 aromatic rings. The van der Waals surface area contributed by atoms with E-state index in [0.717, 1.165) is 62.8 Å². The van der Waals surface area contributed by atoms with Crippen LogP contribution in [0.5, 0.6) is 0 Å². The fourth-order valence-electron chi connectivity index (χ4n) is 3.65. The summed E-state index contributed by atoms with van der Waals surface area (Å²) in [6, 6.07) is 3.62. The number of morpholine rings is 1. The highest BCUT2D eigenvalue weighted by atomic mass is 16.5. The molecule has 0 spiro atoms. The van der Waals surface area contributed by atoms with Crippen molar-refractivity contribution >= 4 is 11.6 Å². The molecule has 0 unspecified atom stereocenters. The summed E-state index contributed by atoms with van der Waals surface area (Å²) in [5.41, 5.74) is 3.93. The van der Waals surface area contributed by atoms with E-state index in [1.807, 2.05) is 23.9 Å². The first-order valence-electron chi connectivity index (χ1n) is 10.1. The van der Waals surface area contributed by atoms with Crippen molar-refractivity contribution in [1.29, 1.82) is 0 Å². The van der Waals surface area contributed by atoms with E-state index in [9.17, 15) is 4.79 Å². The van der Waals surface area contributed by atoms with Gasteiger partial charge in [0.2, 0.25) is 0 Å². The Hall–Kier alpha value is -2.78. The van der Waals surface area contributed by atoms with Crippen molar-refractivity contribution in [3.8, 4) is 11.3 Å². The number of aryl methyl sites for hydroxylation is 1. The molecule has 9 nitrogen and oxygen atoms in total.